The molecule has 0 fully saturated rings. The standard InChI is InChI=1S/C26H21F3N4/c27-26(28,29)22-8-4-7-20(13-22)23-10-9-18(14-30-23)16-33-12-11-24-21(17-33)15-31-25(32-24)19-5-2-1-3-6-19/h1-10,13-15H,11-12,16-17H2. The Balaban J connectivity index is 1.27. The maximum atomic E-state index is 13.0. The Hall–Kier alpha value is -3.58. The number of aromatic nitrogens is 3. The first-order chi connectivity index (χ1) is 16.0. The van der Waals surface area contributed by atoms with Gasteiger partial charge in [-0.3, -0.25) is 9.88 Å². The quantitative estimate of drug-likeness (QED) is 0.398. The van der Waals surface area contributed by atoms with Crippen LogP contribution >= 0.6 is 0 Å². The van der Waals surface area contributed by atoms with Crippen molar-refractivity contribution >= 4 is 0 Å². The molecule has 4 aromatic rings. The van der Waals surface area contributed by atoms with Crippen molar-refractivity contribution in [1.82, 2.24) is 19.9 Å². The van der Waals surface area contributed by atoms with Crippen LogP contribution in [-0.2, 0) is 25.7 Å². The maximum absolute atomic E-state index is 13.0. The summed E-state index contributed by atoms with van der Waals surface area (Å²) in [6.45, 7) is 2.32. The number of halogens is 3. The topological polar surface area (TPSA) is 41.9 Å². The summed E-state index contributed by atoms with van der Waals surface area (Å²) in [7, 11) is 0. The number of nitrogens with zero attached hydrogens (tertiary/aromatic N) is 4. The third kappa shape index (κ3) is 4.78. The highest BCUT2D eigenvalue weighted by Crippen LogP contribution is 2.31. The van der Waals surface area contributed by atoms with Gasteiger partial charge in [0.2, 0.25) is 0 Å². The Kier molecular flexibility index (Phi) is 5.64. The van der Waals surface area contributed by atoms with Crippen molar-refractivity contribution in [3.8, 4) is 22.6 Å². The lowest BCUT2D eigenvalue weighted by atomic mass is 10.0. The maximum Gasteiger partial charge on any atom is 0.416 e. The summed E-state index contributed by atoms with van der Waals surface area (Å²) < 4.78 is 39.0. The van der Waals surface area contributed by atoms with E-state index >= 15 is 0 Å². The van der Waals surface area contributed by atoms with Gasteiger partial charge in [0.15, 0.2) is 5.82 Å². The highest BCUT2D eigenvalue weighted by molar-refractivity contribution is 5.60. The smallest absolute Gasteiger partial charge is 0.294 e. The van der Waals surface area contributed by atoms with E-state index in [1.807, 2.05) is 42.6 Å². The van der Waals surface area contributed by atoms with E-state index in [1.165, 1.54) is 6.07 Å². The minimum atomic E-state index is -4.37. The van der Waals surface area contributed by atoms with Gasteiger partial charge in [-0.05, 0) is 23.8 Å². The van der Waals surface area contributed by atoms with E-state index < -0.39 is 11.7 Å². The molecule has 0 radical (unpaired) electrons. The molecule has 2 aromatic carbocycles. The third-order valence-electron chi connectivity index (χ3n) is 5.76. The van der Waals surface area contributed by atoms with Gasteiger partial charge in [-0.15, -0.1) is 0 Å². The molecule has 0 bridgehead atoms. The Morgan fingerprint density at radius 1 is 0.848 bits per heavy atom. The van der Waals surface area contributed by atoms with Gasteiger partial charge < -0.3 is 0 Å². The Bertz CT molecular complexity index is 1250. The van der Waals surface area contributed by atoms with Crippen molar-refractivity contribution in [3.05, 3.63) is 102 Å². The molecule has 0 spiro atoms. The fraction of sp³-hybridized carbons (Fsp3) is 0.192. The van der Waals surface area contributed by atoms with Crippen molar-refractivity contribution < 1.29 is 13.2 Å². The highest BCUT2D eigenvalue weighted by atomic mass is 19.4. The number of benzene rings is 2. The Labute approximate surface area is 189 Å². The molecule has 1 aliphatic heterocycles. The van der Waals surface area contributed by atoms with E-state index in [0.717, 1.165) is 59.9 Å². The monoisotopic (exact) mass is 446 g/mol. The third-order valence-corrected chi connectivity index (χ3v) is 5.76. The van der Waals surface area contributed by atoms with Crippen molar-refractivity contribution in [2.45, 2.75) is 25.7 Å². The summed E-state index contributed by atoms with van der Waals surface area (Å²) in [4.78, 5) is 16.0. The molecule has 3 heterocycles. The minimum absolute atomic E-state index is 0.453. The van der Waals surface area contributed by atoms with Gasteiger partial charge in [-0.1, -0.05) is 48.5 Å². The SMILES string of the molecule is FC(F)(F)c1cccc(-c2ccc(CN3CCc4nc(-c5ccccc5)ncc4C3)cn2)c1. The molecule has 33 heavy (non-hydrogen) atoms. The Morgan fingerprint density at radius 2 is 1.67 bits per heavy atom. The van der Waals surface area contributed by atoms with Crippen LogP contribution in [0.2, 0.25) is 0 Å². The molecule has 0 saturated heterocycles. The molecule has 7 heteroatoms. The van der Waals surface area contributed by atoms with Crippen LogP contribution in [0.25, 0.3) is 22.6 Å². The molecule has 166 valence electrons. The summed E-state index contributed by atoms with van der Waals surface area (Å²) in [5, 5.41) is 0. The van der Waals surface area contributed by atoms with Gasteiger partial charge in [-0.2, -0.15) is 13.2 Å². The Morgan fingerprint density at radius 3 is 2.42 bits per heavy atom. The fourth-order valence-corrected chi connectivity index (χ4v) is 4.04. The van der Waals surface area contributed by atoms with Crippen LogP contribution in [0.3, 0.4) is 0 Å². The zero-order valence-electron chi connectivity index (χ0n) is 17.8. The molecule has 2 aromatic heterocycles. The highest BCUT2D eigenvalue weighted by Gasteiger charge is 2.30. The lowest BCUT2D eigenvalue weighted by Crippen LogP contribution is -2.31. The zero-order chi connectivity index (χ0) is 22.8. The second kappa shape index (κ2) is 8.75. The van der Waals surface area contributed by atoms with Gasteiger partial charge in [0.1, 0.15) is 0 Å². The summed E-state index contributed by atoms with van der Waals surface area (Å²) in [6.07, 6.45) is 0.117. The molecule has 4 nitrogen and oxygen atoms in total. The van der Waals surface area contributed by atoms with Crippen molar-refractivity contribution in [1.29, 1.82) is 0 Å². The average molecular weight is 446 g/mol. The lowest BCUT2D eigenvalue weighted by Gasteiger charge is -2.28. The number of rotatable bonds is 4. The number of hydrogen-bond donors (Lipinski definition) is 0. The molecule has 0 N–H and O–H groups in total. The fourth-order valence-electron chi connectivity index (χ4n) is 4.04. The van der Waals surface area contributed by atoms with Gasteiger partial charge in [0, 0.05) is 55.1 Å². The van der Waals surface area contributed by atoms with Gasteiger partial charge in [0.25, 0.3) is 0 Å². The van der Waals surface area contributed by atoms with Crippen LogP contribution < -0.4 is 0 Å². The molecular formula is C26H21F3N4. The molecule has 0 atom stereocenters. The predicted molar refractivity (Wildman–Crippen MR) is 120 cm³/mol. The van der Waals surface area contributed by atoms with Crippen LogP contribution in [0.4, 0.5) is 13.2 Å². The molecule has 0 saturated carbocycles. The molecule has 0 unspecified atom stereocenters. The summed E-state index contributed by atoms with van der Waals surface area (Å²) in [5.74, 6) is 0.747. The summed E-state index contributed by atoms with van der Waals surface area (Å²) >= 11 is 0. The largest absolute Gasteiger partial charge is 0.416 e. The second-order valence-electron chi connectivity index (χ2n) is 8.12. The lowest BCUT2D eigenvalue weighted by molar-refractivity contribution is -0.137. The van der Waals surface area contributed by atoms with E-state index in [0.29, 0.717) is 17.8 Å². The minimum Gasteiger partial charge on any atom is -0.294 e. The summed E-state index contributed by atoms with van der Waals surface area (Å²) in [6, 6.07) is 18.9. The molecule has 5 rings (SSSR count). The number of hydrogen-bond acceptors (Lipinski definition) is 4. The van der Waals surface area contributed by atoms with Crippen LogP contribution in [0, 0.1) is 0 Å². The van der Waals surface area contributed by atoms with Crippen molar-refractivity contribution in [3.63, 3.8) is 0 Å². The molecule has 0 aliphatic carbocycles. The van der Waals surface area contributed by atoms with E-state index in [2.05, 4.69) is 14.9 Å². The van der Waals surface area contributed by atoms with Crippen molar-refractivity contribution in [2.24, 2.45) is 0 Å². The predicted octanol–water partition coefficient (Wildman–Crippen LogP) is 5.78. The first-order valence-electron chi connectivity index (χ1n) is 10.7. The van der Waals surface area contributed by atoms with Gasteiger partial charge in [0.05, 0.1) is 17.0 Å². The van der Waals surface area contributed by atoms with E-state index in [-0.39, 0.29) is 0 Å². The van der Waals surface area contributed by atoms with Crippen molar-refractivity contribution in [2.75, 3.05) is 6.54 Å². The van der Waals surface area contributed by atoms with Crippen LogP contribution in [0.5, 0.6) is 0 Å². The van der Waals surface area contributed by atoms with Crippen LogP contribution in [0.15, 0.2) is 79.1 Å². The summed E-state index contributed by atoms with van der Waals surface area (Å²) in [5.41, 5.74) is 4.53. The van der Waals surface area contributed by atoms with Crippen LogP contribution in [-0.4, -0.2) is 26.4 Å². The zero-order valence-corrected chi connectivity index (χ0v) is 17.8. The van der Waals surface area contributed by atoms with Gasteiger partial charge in [-0.25, -0.2) is 9.97 Å². The molecule has 0 amide bonds. The van der Waals surface area contributed by atoms with E-state index in [4.69, 9.17) is 4.98 Å². The van der Waals surface area contributed by atoms with Crippen LogP contribution in [0.1, 0.15) is 22.4 Å². The number of fused-ring (bicyclic) bond motifs is 1. The van der Waals surface area contributed by atoms with E-state index in [9.17, 15) is 13.2 Å². The molecule has 1 aliphatic rings. The van der Waals surface area contributed by atoms with Gasteiger partial charge >= 0.3 is 6.18 Å². The number of pyridine rings is 1. The average Bonchev–Trinajstić information content (AvgIpc) is 2.84. The first-order valence-corrected chi connectivity index (χ1v) is 10.7. The first kappa shape index (κ1) is 21.3. The second-order valence-corrected chi connectivity index (χ2v) is 8.12. The molecular weight excluding hydrogens is 425 g/mol. The normalized spacial score (nSPS) is 14.2. The van der Waals surface area contributed by atoms with E-state index in [1.54, 1.807) is 18.3 Å². The number of alkyl halides is 3.